The van der Waals surface area contributed by atoms with Crippen molar-refractivity contribution >= 4 is 5.69 Å². The van der Waals surface area contributed by atoms with Gasteiger partial charge in [0, 0.05) is 12.1 Å². The quantitative estimate of drug-likeness (QED) is 0.155. The van der Waals surface area contributed by atoms with E-state index in [4.69, 9.17) is 18.9 Å². The summed E-state index contributed by atoms with van der Waals surface area (Å²) in [4.78, 5) is 10.1. The molecule has 2 heterocycles. The first-order valence-corrected chi connectivity index (χ1v) is 9.67. The maximum absolute atomic E-state index is 10.7. The van der Waals surface area contributed by atoms with Gasteiger partial charge in [0.25, 0.3) is 5.69 Å². The normalized spacial score (nSPS) is 40.1. The van der Waals surface area contributed by atoms with Crippen molar-refractivity contribution in [3.05, 3.63) is 34.4 Å². The van der Waals surface area contributed by atoms with Crippen LogP contribution in [0.2, 0.25) is 0 Å². The lowest BCUT2D eigenvalue weighted by molar-refractivity contribution is -0.384. The third-order valence-corrected chi connectivity index (χ3v) is 5.26. The van der Waals surface area contributed by atoms with E-state index in [2.05, 4.69) is 0 Å². The topological polar surface area (TPSA) is 222 Å². The minimum atomic E-state index is -1.77. The number of hydrogen-bond acceptors (Lipinski definition) is 13. The Balaban J connectivity index is 1.70. The van der Waals surface area contributed by atoms with E-state index in [9.17, 15) is 45.9 Å². The smallest absolute Gasteiger partial charge is 0.269 e. The molecule has 32 heavy (non-hydrogen) atoms. The largest absolute Gasteiger partial charge is 0.462 e. The van der Waals surface area contributed by atoms with Crippen LogP contribution in [-0.4, -0.2) is 115 Å². The van der Waals surface area contributed by atoms with Crippen LogP contribution in [0.5, 0.6) is 5.75 Å². The summed E-state index contributed by atoms with van der Waals surface area (Å²) in [5, 5.41) is 80.4. The lowest BCUT2D eigenvalue weighted by Crippen LogP contribution is -2.65. The average molecular weight is 463 g/mol. The Labute approximate surface area is 180 Å². The number of aliphatic hydroxyl groups is 7. The summed E-state index contributed by atoms with van der Waals surface area (Å²) in [5.74, 6) is 0.0804. The Morgan fingerprint density at radius 2 is 1.38 bits per heavy atom. The van der Waals surface area contributed by atoms with Crippen molar-refractivity contribution in [2.45, 2.75) is 61.4 Å². The highest BCUT2D eigenvalue weighted by atomic mass is 16.7. The van der Waals surface area contributed by atoms with Crippen molar-refractivity contribution in [2.24, 2.45) is 0 Å². The molecule has 0 bridgehead atoms. The molecular weight excluding hydrogens is 438 g/mol. The fraction of sp³-hybridized carbons (Fsp3) is 0.667. The van der Waals surface area contributed by atoms with Gasteiger partial charge in [0.15, 0.2) is 6.29 Å². The molecule has 0 radical (unpaired) electrons. The van der Waals surface area contributed by atoms with Crippen molar-refractivity contribution in [3.63, 3.8) is 0 Å². The second-order valence-corrected chi connectivity index (χ2v) is 7.37. The highest BCUT2D eigenvalue weighted by molar-refractivity contribution is 5.36. The summed E-state index contributed by atoms with van der Waals surface area (Å²) >= 11 is 0. The zero-order valence-electron chi connectivity index (χ0n) is 16.5. The molecule has 2 fully saturated rings. The van der Waals surface area contributed by atoms with Gasteiger partial charge in [-0.2, -0.15) is 0 Å². The Hall–Kier alpha value is -1.98. The minimum Gasteiger partial charge on any atom is -0.462 e. The number of ether oxygens (including phenoxy) is 4. The molecule has 3 rings (SSSR count). The Bertz CT molecular complexity index is 760. The van der Waals surface area contributed by atoms with Gasteiger partial charge in [-0.15, -0.1) is 0 Å². The van der Waals surface area contributed by atoms with Crippen molar-refractivity contribution in [1.82, 2.24) is 0 Å². The molecule has 1 aromatic carbocycles. The Kier molecular flexibility index (Phi) is 7.94. The number of aliphatic hydroxyl groups excluding tert-OH is 7. The zero-order chi connectivity index (χ0) is 23.6. The van der Waals surface area contributed by atoms with Crippen LogP contribution >= 0.6 is 0 Å². The summed E-state index contributed by atoms with van der Waals surface area (Å²) in [5.41, 5.74) is -0.191. The fourth-order valence-electron chi connectivity index (χ4n) is 3.43. The molecular formula is C18H25NO13. The number of non-ortho nitro benzene ring substituents is 1. The molecule has 0 amide bonds. The fourth-order valence-corrected chi connectivity index (χ4v) is 3.43. The van der Waals surface area contributed by atoms with Gasteiger partial charge in [0.2, 0.25) is 6.29 Å². The Morgan fingerprint density at radius 3 is 1.94 bits per heavy atom. The van der Waals surface area contributed by atoms with Crippen LogP contribution in [0.1, 0.15) is 0 Å². The molecule has 10 atom stereocenters. The highest BCUT2D eigenvalue weighted by Crippen LogP contribution is 2.30. The van der Waals surface area contributed by atoms with Crippen LogP contribution in [0.15, 0.2) is 24.3 Å². The number of rotatable bonds is 7. The molecule has 14 nitrogen and oxygen atoms in total. The van der Waals surface area contributed by atoms with Crippen molar-refractivity contribution in [1.29, 1.82) is 0 Å². The third kappa shape index (κ3) is 4.99. The van der Waals surface area contributed by atoms with Gasteiger partial charge in [-0.1, -0.05) is 0 Å². The van der Waals surface area contributed by atoms with Gasteiger partial charge in [0.1, 0.15) is 54.6 Å². The van der Waals surface area contributed by atoms with E-state index in [1.807, 2.05) is 0 Å². The van der Waals surface area contributed by atoms with Crippen molar-refractivity contribution in [3.8, 4) is 5.75 Å². The predicted octanol–water partition coefficient (Wildman–Crippen LogP) is -3.40. The molecule has 0 spiro atoms. The van der Waals surface area contributed by atoms with E-state index in [-0.39, 0.29) is 11.4 Å². The predicted molar refractivity (Wildman–Crippen MR) is 100 cm³/mol. The lowest BCUT2D eigenvalue weighted by atomic mass is 9.97. The van der Waals surface area contributed by atoms with Crippen molar-refractivity contribution in [2.75, 3.05) is 13.2 Å². The molecule has 14 heteroatoms. The van der Waals surface area contributed by atoms with Gasteiger partial charge in [-0.3, -0.25) is 10.1 Å². The monoisotopic (exact) mass is 463 g/mol. The molecule has 0 unspecified atom stereocenters. The number of hydrogen-bond donors (Lipinski definition) is 7. The zero-order valence-corrected chi connectivity index (χ0v) is 16.5. The van der Waals surface area contributed by atoms with Gasteiger partial charge >= 0.3 is 0 Å². The summed E-state index contributed by atoms with van der Waals surface area (Å²) in [6.45, 7) is -1.42. The van der Waals surface area contributed by atoms with Crippen LogP contribution in [0.3, 0.4) is 0 Å². The molecule has 7 N–H and O–H groups in total. The summed E-state index contributed by atoms with van der Waals surface area (Å²) in [7, 11) is 0. The van der Waals surface area contributed by atoms with E-state index in [0.29, 0.717) is 0 Å². The first-order valence-electron chi connectivity index (χ1n) is 9.67. The first-order chi connectivity index (χ1) is 15.2. The van der Waals surface area contributed by atoms with Crippen LogP contribution in [0.4, 0.5) is 5.69 Å². The summed E-state index contributed by atoms with van der Waals surface area (Å²) < 4.78 is 21.5. The molecule has 2 aliphatic heterocycles. The third-order valence-electron chi connectivity index (χ3n) is 5.26. The summed E-state index contributed by atoms with van der Waals surface area (Å²) in [6, 6.07) is 4.83. The molecule has 180 valence electrons. The van der Waals surface area contributed by atoms with Crippen LogP contribution in [0, 0.1) is 10.1 Å². The number of nitrogens with zero attached hydrogens (tertiary/aromatic N) is 1. The highest BCUT2D eigenvalue weighted by Gasteiger charge is 2.51. The van der Waals surface area contributed by atoms with E-state index >= 15 is 0 Å². The van der Waals surface area contributed by atoms with Crippen molar-refractivity contribution < 1.29 is 59.6 Å². The van der Waals surface area contributed by atoms with Crippen LogP contribution < -0.4 is 4.74 Å². The maximum Gasteiger partial charge on any atom is 0.269 e. The number of benzene rings is 1. The van der Waals surface area contributed by atoms with Gasteiger partial charge in [-0.25, -0.2) is 0 Å². The SMILES string of the molecule is O=[N+]([O-])c1ccc(O[C@@H]2O[C@H](CO)[C@@H](O[C@H]3O[C@H](CO)[C@@H](O)[C@H](O)[C@H]3O)[C@H](O)[C@H]2O)cc1. The van der Waals surface area contributed by atoms with Crippen LogP contribution in [0.25, 0.3) is 0 Å². The molecule has 2 saturated heterocycles. The van der Waals surface area contributed by atoms with Crippen LogP contribution in [-0.2, 0) is 14.2 Å². The summed E-state index contributed by atoms with van der Waals surface area (Å²) in [6.07, 6.45) is -15.7. The maximum atomic E-state index is 10.7. The number of nitro groups is 1. The molecule has 0 aromatic heterocycles. The van der Waals surface area contributed by atoms with Gasteiger partial charge in [0.05, 0.1) is 18.1 Å². The second-order valence-electron chi connectivity index (χ2n) is 7.37. The van der Waals surface area contributed by atoms with E-state index in [1.54, 1.807) is 0 Å². The van der Waals surface area contributed by atoms with Gasteiger partial charge < -0.3 is 54.7 Å². The molecule has 2 aliphatic rings. The van der Waals surface area contributed by atoms with E-state index < -0.39 is 79.5 Å². The Morgan fingerprint density at radius 1 is 0.812 bits per heavy atom. The molecule has 0 aliphatic carbocycles. The van der Waals surface area contributed by atoms with Gasteiger partial charge in [-0.05, 0) is 12.1 Å². The van der Waals surface area contributed by atoms with E-state index in [1.165, 1.54) is 12.1 Å². The lowest BCUT2D eigenvalue weighted by Gasteiger charge is -2.45. The first kappa shape index (κ1) is 24.7. The second kappa shape index (κ2) is 10.3. The molecule has 0 saturated carbocycles. The average Bonchev–Trinajstić information content (AvgIpc) is 2.79. The minimum absolute atomic E-state index is 0.0804. The standard InChI is InChI=1S/C18H25NO13/c20-5-9-11(22)12(23)14(25)18(30-9)32-16-10(6-21)31-17(15(26)13(16)24)29-8-3-1-7(2-4-8)19(27)28/h1-4,9-18,20-26H,5-6H2/t9-,10-,11-,12+,13-,14-,15-,16-,17-,18-/m1/s1. The number of nitro benzene ring substituents is 1. The van der Waals surface area contributed by atoms with E-state index in [0.717, 1.165) is 12.1 Å². The molecule has 1 aromatic rings.